The first-order chi connectivity index (χ1) is 37.6. The van der Waals surface area contributed by atoms with Crippen LogP contribution < -0.4 is 54.0 Å². The smallest absolute Gasteiger partial charge is 0.326 e. The van der Waals surface area contributed by atoms with Crippen LogP contribution in [0.1, 0.15) is 96.9 Å². The van der Waals surface area contributed by atoms with Crippen LogP contribution in [0.5, 0.6) is 11.5 Å². The minimum Gasteiger partial charge on any atom is -0.508 e. The van der Waals surface area contributed by atoms with E-state index < -0.39 is 139 Å². The number of amides is 9. The number of nitrogens with zero attached hydrogens (tertiary/aromatic N) is 1. The monoisotopic (exact) mass is 1120 g/mol. The van der Waals surface area contributed by atoms with Crippen LogP contribution in [0.25, 0.3) is 0 Å². The number of nitrogens with two attached hydrogens (primary N) is 2. The van der Waals surface area contributed by atoms with Gasteiger partial charge in [-0.3, -0.25) is 47.9 Å². The number of aromatic amines is 1. The molecule has 1 heterocycles. The van der Waals surface area contributed by atoms with Gasteiger partial charge in [-0.25, -0.2) is 9.78 Å². The van der Waals surface area contributed by atoms with Crippen LogP contribution in [0, 0.1) is 17.8 Å². The van der Waals surface area contributed by atoms with Crippen molar-refractivity contribution in [3.8, 4) is 11.5 Å². The van der Waals surface area contributed by atoms with Crippen LogP contribution >= 0.6 is 0 Å². The van der Waals surface area contributed by atoms with Crippen molar-refractivity contribution in [2.24, 2.45) is 29.2 Å². The van der Waals surface area contributed by atoms with Gasteiger partial charge in [0, 0.05) is 37.6 Å². The number of nitrogens with one attached hydrogen (secondary N) is 9. The molecule has 17 N–H and O–H groups in total. The van der Waals surface area contributed by atoms with E-state index in [1.54, 1.807) is 41.5 Å². The number of phenolic OH excluding ortho intramolecular Hbond substituents is 2. The predicted molar refractivity (Wildman–Crippen MR) is 287 cm³/mol. The molecule has 438 valence electrons. The Morgan fingerprint density at radius 1 is 0.500 bits per heavy atom. The molecule has 2 aromatic carbocycles. The molecule has 0 spiro atoms. The topological polar surface area (TPSA) is 446 Å². The number of primary amides is 1. The van der Waals surface area contributed by atoms with Gasteiger partial charge >= 0.3 is 11.9 Å². The summed E-state index contributed by atoms with van der Waals surface area (Å²) in [5, 5.41) is 59.4. The minimum atomic E-state index is -1.77. The van der Waals surface area contributed by atoms with E-state index in [-0.39, 0.29) is 67.8 Å². The fourth-order valence-corrected chi connectivity index (χ4v) is 8.19. The maximum atomic E-state index is 14.3. The quantitative estimate of drug-likeness (QED) is 0.0329. The summed E-state index contributed by atoms with van der Waals surface area (Å²) in [6.07, 6.45) is -0.0583. The Morgan fingerprint density at radius 3 is 1.26 bits per heavy atom. The Balaban J connectivity index is 1.94. The lowest BCUT2D eigenvalue weighted by atomic mass is 9.99. The molecule has 3 rings (SSSR count). The van der Waals surface area contributed by atoms with Gasteiger partial charge < -0.3 is 79.4 Å². The zero-order chi connectivity index (χ0) is 59.8. The Hall–Kier alpha value is -8.62. The molecule has 0 aliphatic heterocycles. The second-order valence-electron chi connectivity index (χ2n) is 20.6. The molecule has 0 aliphatic carbocycles. The number of benzene rings is 2. The number of aliphatic carboxylic acids is 2. The number of aromatic hydroxyl groups is 2. The molecule has 0 bridgehead atoms. The van der Waals surface area contributed by atoms with E-state index in [1.165, 1.54) is 61.1 Å². The summed E-state index contributed by atoms with van der Waals surface area (Å²) in [6, 6.07) is -0.839. The Labute approximate surface area is 462 Å². The maximum Gasteiger partial charge on any atom is 0.326 e. The van der Waals surface area contributed by atoms with E-state index in [9.17, 15) is 73.2 Å². The van der Waals surface area contributed by atoms with Crippen LogP contribution in [0.2, 0.25) is 0 Å². The lowest BCUT2D eigenvalue weighted by Crippen LogP contribution is -2.61. The van der Waals surface area contributed by atoms with Gasteiger partial charge in [-0.2, -0.15) is 0 Å². The number of carboxylic acids is 2. The van der Waals surface area contributed by atoms with Crippen molar-refractivity contribution in [3.05, 3.63) is 77.9 Å². The number of phenols is 2. The summed E-state index contributed by atoms with van der Waals surface area (Å²) in [5.41, 5.74) is 12.2. The van der Waals surface area contributed by atoms with Crippen LogP contribution in [-0.2, 0) is 72.0 Å². The largest absolute Gasteiger partial charge is 0.508 e. The van der Waals surface area contributed by atoms with Gasteiger partial charge in [-0.1, -0.05) is 65.8 Å². The molecule has 0 radical (unpaired) electrons. The van der Waals surface area contributed by atoms with Gasteiger partial charge in [0.2, 0.25) is 53.2 Å². The molecule has 0 unspecified atom stereocenters. The highest BCUT2D eigenvalue weighted by Crippen LogP contribution is 2.16. The molecule has 80 heavy (non-hydrogen) atoms. The lowest BCUT2D eigenvalue weighted by Gasteiger charge is -2.28. The molecule has 0 saturated carbocycles. The minimum absolute atomic E-state index is 0.00900. The van der Waals surface area contributed by atoms with Crippen LogP contribution in [0.3, 0.4) is 0 Å². The number of carboxylic acid groups (broad SMARTS) is 2. The molecule has 27 heteroatoms. The van der Waals surface area contributed by atoms with E-state index >= 15 is 0 Å². The van der Waals surface area contributed by atoms with Gasteiger partial charge in [0.05, 0.1) is 19.3 Å². The summed E-state index contributed by atoms with van der Waals surface area (Å²) in [5.74, 6) is -12.2. The normalized spacial score (nSPS) is 14.2. The Bertz CT molecular complexity index is 2590. The van der Waals surface area contributed by atoms with E-state index in [0.717, 1.165) is 0 Å². The van der Waals surface area contributed by atoms with E-state index in [1.807, 2.05) is 0 Å². The van der Waals surface area contributed by atoms with Gasteiger partial charge in [0.15, 0.2) is 0 Å². The first-order valence-corrected chi connectivity index (χ1v) is 26.0. The van der Waals surface area contributed by atoms with Gasteiger partial charge in [0.1, 0.15) is 59.8 Å². The summed E-state index contributed by atoms with van der Waals surface area (Å²) in [6.45, 7) is 10.0. The number of aromatic nitrogens is 2. The number of rotatable bonds is 34. The molecule has 8 atom stereocenters. The summed E-state index contributed by atoms with van der Waals surface area (Å²) >= 11 is 0. The van der Waals surface area contributed by atoms with Crippen molar-refractivity contribution in [2.45, 2.75) is 148 Å². The molecule has 1 aromatic heterocycles. The first-order valence-electron chi connectivity index (χ1n) is 26.0. The van der Waals surface area contributed by atoms with Gasteiger partial charge in [-0.05, 0) is 78.8 Å². The Morgan fingerprint density at radius 2 is 0.863 bits per heavy atom. The number of carbonyl (C=O) groups is 11. The molecule has 0 saturated heterocycles. The number of hydrogen-bond donors (Lipinski definition) is 15. The molecule has 9 amide bonds. The fraction of sp³-hybridized carbons (Fsp3) is 0.509. The van der Waals surface area contributed by atoms with E-state index in [4.69, 9.17) is 11.5 Å². The number of carbonyl (C=O) groups excluding carboxylic acids is 9. The Kier molecular flexibility index (Phi) is 26.5. The summed E-state index contributed by atoms with van der Waals surface area (Å²) in [7, 11) is 0. The standard InChI is InChI=1S/C53H76N12O15/c1-27(2)17-36(58-44(69)24-54)47(73)63-40(22-32-25-56-26-57-32)51(77)64-41(23-43(55)68)52(78)61-37(18-28(3)4)48(74)59-35(15-16-45(70)71)46(72)62-39(20-30-7-11-33(66)12-8-30)50(76)60-38(19-29(5)6)49(75)65-42(53(79)80)21-31-9-13-34(67)14-10-31/h7-14,25-29,35-42,66-67H,15-24,54H2,1-6H3,(H2,55,68)(H,56,57)(H,58,69)(H,59,74)(H,60,76)(H,61,78)(H,62,72)(H,63,73)(H,64,77)(H,65,75)(H,70,71)(H,79,80)/t35-,36-,37-,38-,39-,40-,41-,42-/m0/s1. The SMILES string of the molecule is CC(C)C[C@H](NC(=O)CN)C(=O)N[C@@H](Cc1cnc[nH]1)C(=O)N[C@@H](CC(N)=O)C(=O)N[C@@H](CC(C)C)C(=O)N[C@@H](CCC(=O)O)C(=O)N[C@@H](Cc1ccc(O)cc1)C(=O)N[C@@H](CC(C)C)C(=O)N[C@@H](Cc1ccc(O)cc1)C(=O)O. The van der Waals surface area contributed by atoms with Gasteiger partial charge in [0.25, 0.3) is 0 Å². The molecular weight excluding hydrogens is 1040 g/mol. The van der Waals surface area contributed by atoms with Crippen LogP contribution in [-0.4, -0.2) is 150 Å². The maximum absolute atomic E-state index is 14.3. The first kappa shape index (κ1) is 65.7. The number of H-pyrrole nitrogens is 1. The number of imidazole rings is 1. The fourth-order valence-electron chi connectivity index (χ4n) is 8.19. The summed E-state index contributed by atoms with van der Waals surface area (Å²) < 4.78 is 0. The average Bonchev–Trinajstić information content (AvgIpc) is 3.89. The van der Waals surface area contributed by atoms with Crippen molar-refractivity contribution in [1.29, 1.82) is 0 Å². The number of hydrogen-bond acceptors (Lipinski definition) is 15. The highest BCUT2D eigenvalue weighted by atomic mass is 16.4. The third-order valence-electron chi connectivity index (χ3n) is 12.2. The second-order valence-corrected chi connectivity index (χ2v) is 20.6. The third-order valence-corrected chi connectivity index (χ3v) is 12.2. The molecule has 27 nitrogen and oxygen atoms in total. The van der Waals surface area contributed by atoms with Crippen molar-refractivity contribution >= 4 is 65.1 Å². The zero-order valence-corrected chi connectivity index (χ0v) is 45.6. The van der Waals surface area contributed by atoms with E-state index in [0.29, 0.717) is 16.8 Å². The van der Waals surface area contributed by atoms with Crippen molar-refractivity contribution < 1.29 is 73.2 Å². The second kappa shape index (κ2) is 32.3. The van der Waals surface area contributed by atoms with E-state index in [2.05, 4.69) is 52.5 Å². The van der Waals surface area contributed by atoms with Crippen molar-refractivity contribution in [1.82, 2.24) is 52.5 Å². The van der Waals surface area contributed by atoms with Crippen LogP contribution in [0.15, 0.2) is 61.1 Å². The van der Waals surface area contributed by atoms with Crippen molar-refractivity contribution in [3.63, 3.8) is 0 Å². The summed E-state index contributed by atoms with van der Waals surface area (Å²) in [4.78, 5) is 154. The molecule has 0 fully saturated rings. The molecule has 0 aliphatic rings. The zero-order valence-electron chi connectivity index (χ0n) is 45.6. The predicted octanol–water partition coefficient (Wildman–Crippen LogP) is -1.35. The van der Waals surface area contributed by atoms with Crippen molar-refractivity contribution in [2.75, 3.05) is 6.54 Å². The van der Waals surface area contributed by atoms with Crippen LogP contribution in [0.4, 0.5) is 0 Å². The molecule has 3 aromatic rings. The average molecular weight is 1120 g/mol. The third kappa shape index (κ3) is 23.5. The lowest BCUT2D eigenvalue weighted by molar-refractivity contribution is -0.142. The highest BCUT2D eigenvalue weighted by molar-refractivity contribution is 5.99. The highest BCUT2D eigenvalue weighted by Gasteiger charge is 2.36. The molecular formula is C53H76N12O15. The van der Waals surface area contributed by atoms with Gasteiger partial charge in [-0.15, -0.1) is 0 Å².